The summed E-state index contributed by atoms with van der Waals surface area (Å²) < 4.78 is 10.6. The SMILES string of the molecule is CCOc1c(C(=O)NC[C@H]2CNC(=O)CO2)cc(Cl)c(N)c1O. The van der Waals surface area contributed by atoms with Gasteiger partial charge in [0.2, 0.25) is 5.91 Å². The Morgan fingerprint density at radius 1 is 1.65 bits per heavy atom. The summed E-state index contributed by atoms with van der Waals surface area (Å²) in [6.45, 7) is 2.41. The Hall–Kier alpha value is -2.19. The van der Waals surface area contributed by atoms with Gasteiger partial charge in [-0.05, 0) is 13.0 Å². The third kappa shape index (κ3) is 3.96. The van der Waals surface area contributed by atoms with Gasteiger partial charge in [0, 0.05) is 13.1 Å². The quantitative estimate of drug-likeness (QED) is 0.449. The number of halogens is 1. The van der Waals surface area contributed by atoms with Crippen LogP contribution in [0.2, 0.25) is 5.02 Å². The number of phenolic OH excluding ortho intramolecular Hbond substituents is 1. The fraction of sp³-hybridized carbons (Fsp3) is 0.429. The Kier molecular flexibility index (Phi) is 5.51. The van der Waals surface area contributed by atoms with Gasteiger partial charge in [-0.25, -0.2) is 0 Å². The first-order chi connectivity index (χ1) is 10.9. The number of amides is 2. The number of nitrogens with two attached hydrogens (primary N) is 1. The Morgan fingerprint density at radius 3 is 3.00 bits per heavy atom. The van der Waals surface area contributed by atoms with Crippen molar-refractivity contribution >= 4 is 29.1 Å². The number of carbonyl (C=O) groups excluding carboxylic acids is 2. The van der Waals surface area contributed by atoms with Crippen molar-refractivity contribution in [2.45, 2.75) is 13.0 Å². The maximum absolute atomic E-state index is 12.3. The second-order valence-electron chi connectivity index (χ2n) is 4.88. The van der Waals surface area contributed by atoms with Gasteiger partial charge in [-0.15, -0.1) is 0 Å². The van der Waals surface area contributed by atoms with Crippen LogP contribution in [0.1, 0.15) is 17.3 Å². The van der Waals surface area contributed by atoms with Crippen LogP contribution in [0.25, 0.3) is 0 Å². The van der Waals surface area contributed by atoms with Gasteiger partial charge in [0.1, 0.15) is 6.61 Å². The molecule has 1 heterocycles. The molecule has 2 rings (SSSR count). The molecule has 9 heteroatoms. The number of ether oxygens (including phenoxy) is 2. The molecule has 1 aliphatic rings. The Balaban J connectivity index is 2.10. The minimum atomic E-state index is -0.494. The highest BCUT2D eigenvalue weighted by molar-refractivity contribution is 6.34. The van der Waals surface area contributed by atoms with Gasteiger partial charge in [0.05, 0.1) is 29.0 Å². The smallest absolute Gasteiger partial charge is 0.255 e. The molecule has 1 aromatic carbocycles. The number of carbonyl (C=O) groups is 2. The van der Waals surface area contributed by atoms with E-state index in [1.165, 1.54) is 6.07 Å². The topological polar surface area (TPSA) is 123 Å². The van der Waals surface area contributed by atoms with Crippen molar-refractivity contribution < 1.29 is 24.2 Å². The summed E-state index contributed by atoms with van der Waals surface area (Å²) in [4.78, 5) is 23.3. The van der Waals surface area contributed by atoms with E-state index in [2.05, 4.69) is 10.6 Å². The van der Waals surface area contributed by atoms with Gasteiger partial charge in [0.25, 0.3) is 5.91 Å². The fourth-order valence-electron chi connectivity index (χ4n) is 2.06. The molecule has 1 aliphatic heterocycles. The molecular weight excluding hydrogens is 326 g/mol. The molecule has 1 aromatic rings. The van der Waals surface area contributed by atoms with Crippen LogP contribution in [0.5, 0.6) is 11.5 Å². The lowest BCUT2D eigenvalue weighted by molar-refractivity contribution is -0.132. The van der Waals surface area contributed by atoms with Gasteiger partial charge in [-0.3, -0.25) is 9.59 Å². The molecule has 2 amide bonds. The lowest BCUT2D eigenvalue weighted by atomic mass is 10.1. The van der Waals surface area contributed by atoms with Crippen LogP contribution in [0, 0.1) is 0 Å². The van der Waals surface area contributed by atoms with Crippen molar-refractivity contribution in [3.63, 3.8) is 0 Å². The number of aromatic hydroxyl groups is 1. The van der Waals surface area contributed by atoms with E-state index in [9.17, 15) is 14.7 Å². The number of nitrogen functional groups attached to an aromatic ring is 1. The zero-order valence-electron chi connectivity index (χ0n) is 12.5. The maximum Gasteiger partial charge on any atom is 0.255 e. The van der Waals surface area contributed by atoms with E-state index < -0.39 is 5.91 Å². The number of phenols is 1. The van der Waals surface area contributed by atoms with Crippen LogP contribution in [-0.4, -0.2) is 49.3 Å². The molecule has 5 N–H and O–H groups in total. The number of hydrogen-bond donors (Lipinski definition) is 4. The summed E-state index contributed by atoms with van der Waals surface area (Å²) in [5, 5.41) is 15.3. The number of nitrogens with one attached hydrogen (secondary N) is 2. The molecular formula is C14H18ClN3O5. The number of rotatable bonds is 5. The van der Waals surface area contributed by atoms with Crippen molar-refractivity contribution in [3.8, 4) is 11.5 Å². The number of anilines is 1. The molecule has 0 aromatic heterocycles. The van der Waals surface area contributed by atoms with Crippen molar-refractivity contribution in [2.24, 2.45) is 0 Å². The Labute approximate surface area is 137 Å². The largest absolute Gasteiger partial charge is 0.503 e. The third-order valence-electron chi connectivity index (χ3n) is 3.24. The van der Waals surface area contributed by atoms with Gasteiger partial charge in [-0.1, -0.05) is 11.6 Å². The first-order valence-corrected chi connectivity index (χ1v) is 7.42. The summed E-state index contributed by atoms with van der Waals surface area (Å²) in [5.41, 5.74) is 5.65. The zero-order chi connectivity index (χ0) is 17.0. The van der Waals surface area contributed by atoms with Crippen LogP contribution in [0.15, 0.2) is 6.07 Å². The molecule has 8 nitrogen and oxygen atoms in total. The van der Waals surface area contributed by atoms with Gasteiger partial charge < -0.3 is 30.9 Å². The lowest BCUT2D eigenvalue weighted by Gasteiger charge is -2.23. The lowest BCUT2D eigenvalue weighted by Crippen LogP contribution is -2.48. The maximum atomic E-state index is 12.3. The molecule has 126 valence electrons. The summed E-state index contributed by atoms with van der Waals surface area (Å²) >= 11 is 5.91. The minimum Gasteiger partial charge on any atom is -0.503 e. The summed E-state index contributed by atoms with van der Waals surface area (Å²) in [7, 11) is 0. The fourth-order valence-corrected chi connectivity index (χ4v) is 2.25. The normalized spacial score (nSPS) is 17.5. The molecule has 1 atom stereocenters. The van der Waals surface area contributed by atoms with Crippen LogP contribution >= 0.6 is 11.6 Å². The molecule has 1 saturated heterocycles. The molecule has 0 bridgehead atoms. The zero-order valence-corrected chi connectivity index (χ0v) is 13.3. The van der Waals surface area contributed by atoms with Crippen LogP contribution in [-0.2, 0) is 9.53 Å². The van der Waals surface area contributed by atoms with E-state index in [4.69, 9.17) is 26.8 Å². The Morgan fingerprint density at radius 2 is 2.39 bits per heavy atom. The number of hydrogen-bond acceptors (Lipinski definition) is 6. The average Bonchev–Trinajstić information content (AvgIpc) is 2.54. The van der Waals surface area contributed by atoms with E-state index in [1.54, 1.807) is 6.92 Å². The highest BCUT2D eigenvalue weighted by atomic mass is 35.5. The third-order valence-corrected chi connectivity index (χ3v) is 3.56. The first kappa shape index (κ1) is 17.2. The predicted molar refractivity (Wildman–Crippen MR) is 83.8 cm³/mol. The second-order valence-corrected chi connectivity index (χ2v) is 5.28. The van der Waals surface area contributed by atoms with Crippen molar-refractivity contribution in [2.75, 3.05) is 32.0 Å². The van der Waals surface area contributed by atoms with E-state index in [1.807, 2.05) is 0 Å². The highest BCUT2D eigenvalue weighted by Gasteiger charge is 2.23. The number of morpholine rings is 1. The van der Waals surface area contributed by atoms with Gasteiger partial charge in [-0.2, -0.15) is 0 Å². The monoisotopic (exact) mass is 343 g/mol. The van der Waals surface area contributed by atoms with E-state index in [0.29, 0.717) is 6.54 Å². The first-order valence-electron chi connectivity index (χ1n) is 7.04. The molecule has 0 radical (unpaired) electrons. The average molecular weight is 344 g/mol. The summed E-state index contributed by atoms with van der Waals surface area (Å²) in [5.74, 6) is -1.08. The molecule has 0 saturated carbocycles. The van der Waals surface area contributed by atoms with Crippen LogP contribution in [0.3, 0.4) is 0 Å². The highest BCUT2D eigenvalue weighted by Crippen LogP contribution is 2.40. The van der Waals surface area contributed by atoms with Crippen molar-refractivity contribution in [1.82, 2.24) is 10.6 Å². The number of benzene rings is 1. The minimum absolute atomic E-state index is 0.0234. The van der Waals surface area contributed by atoms with Gasteiger partial charge >= 0.3 is 0 Å². The summed E-state index contributed by atoms with van der Waals surface area (Å²) in [6, 6.07) is 1.33. The van der Waals surface area contributed by atoms with E-state index in [-0.39, 0.29) is 59.5 Å². The summed E-state index contributed by atoms with van der Waals surface area (Å²) in [6.07, 6.45) is -0.329. The van der Waals surface area contributed by atoms with Crippen molar-refractivity contribution in [3.05, 3.63) is 16.7 Å². The van der Waals surface area contributed by atoms with Crippen molar-refractivity contribution in [1.29, 1.82) is 0 Å². The standard InChI is InChI=1S/C14H18ClN3O5/c1-2-22-13-8(3-9(15)11(16)12(13)20)14(21)18-5-7-4-17-10(19)6-23-7/h3,7,20H,2,4-6,16H2,1H3,(H,17,19)(H,18,21)/t7-/m1/s1. The molecule has 1 fully saturated rings. The van der Waals surface area contributed by atoms with Crippen LogP contribution < -0.4 is 21.1 Å². The predicted octanol–water partition coefficient (Wildman–Crippen LogP) is 0.271. The van der Waals surface area contributed by atoms with E-state index >= 15 is 0 Å². The van der Waals surface area contributed by atoms with Crippen LogP contribution in [0.4, 0.5) is 5.69 Å². The Bertz CT molecular complexity index is 613. The molecule has 0 spiro atoms. The molecule has 0 aliphatic carbocycles. The molecule has 23 heavy (non-hydrogen) atoms. The van der Waals surface area contributed by atoms with Gasteiger partial charge in [0.15, 0.2) is 11.5 Å². The van der Waals surface area contributed by atoms with E-state index in [0.717, 1.165) is 0 Å². The second kappa shape index (κ2) is 7.38. The molecule has 0 unspecified atom stereocenters.